The smallest absolute Gasteiger partial charge is 0.146 e. The van der Waals surface area contributed by atoms with Gasteiger partial charge in [0.15, 0.2) is 0 Å². The zero-order chi connectivity index (χ0) is 14.7. The summed E-state index contributed by atoms with van der Waals surface area (Å²) in [4.78, 5) is 0.897. The SMILES string of the molecule is CCCn1c(C)nnc1C[S@](=O)c1cc(C)ccc1C. The summed E-state index contributed by atoms with van der Waals surface area (Å²) >= 11 is 0. The molecule has 0 aliphatic heterocycles. The number of hydrogen-bond donors (Lipinski definition) is 0. The third-order valence-electron chi connectivity index (χ3n) is 3.31. The van der Waals surface area contributed by atoms with Gasteiger partial charge in [-0.2, -0.15) is 0 Å². The molecule has 1 aromatic carbocycles. The summed E-state index contributed by atoms with van der Waals surface area (Å²) in [5.74, 6) is 2.12. The summed E-state index contributed by atoms with van der Waals surface area (Å²) in [7, 11) is -1.08. The summed E-state index contributed by atoms with van der Waals surface area (Å²) in [6.45, 7) is 8.94. The van der Waals surface area contributed by atoms with Gasteiger partial charge in [0.2, 0.25) is 0 Å². The lowest BCUT2D eigenvalue weighted by Crippen LogP contribution is -2.09. The van der Waals surface area contributed by atoms with Crippen LogP contribution in [-0.4, -0.2) is 19.0 Å². The molecule has 0 N–H and O–H groups in total. The Morgan fingerprint density at radius 2 is 1.95 bits per heavy atom. The van der Waals surface area contributed by atoms with E-state index in [1.807, 2.05) is 39.0 Å². The van der Waals surface area contributed by atoms with E-state index in [0.717, 1.165) is 40.6 Å². The summed E-state index contributed by atoms with van der Waals surface area (Å²) < 4.78 is 14.6. The Balaban J connectivity index is 2.26. The van der Waals surface area contributed by atoms with Gasteiger partial charge >= 0.3 is 0 Å². The van der Waals surface area contributed by atoms with Crippen molar-refractivity contribution < 1.29 is 4.21 Å². The molecular formula is C15H21N3OS. The molecular weight excluding hydrogens is 270 g/mol. The molecule has 0 amide bonds. The summed E-state index contributed by atoms with van der Waals surface area (Å²) in [6, 6.07) is 6.06. The van der Waals surface area contributed by atoms with Gasteiger partial charge in [0.05, 0.1) is 16.6 Å². The molecule has 0 aliphatic rings. The van der Waals surface area contributed by atoms with Crippen molar-refractivity contribution in [3.63, 3.8) is 0 Å². The first-order valence-electron chi connectivity index (χ1n) is 6.87. The predicted octanol–water partition coefficient (Wildman–Crippen LogP) is 2.92. The maximum absolute atomic E-state index is 12.6. The summed E-state index contributed by atoms with van der Waals surface area (Å²) in [5, 5.41) is 8.27. The van der Waals surface area contributed by atoms with Crippen LogP contribution >= 0.6 is 0 Å². The molecule has 1 atom stereocenters. The Labute approximate surface area is 122 Å². The Morgan fingerprint density at radius 1 is 1.20 bits per heavy atom. The third-order valence-corrected chi connectivity index (χ3v) is 4.76. The number of aryl methyl sites for hydroxylation is 3. The summed E-state index contributed by atoms with van der Waals surface area (Å²) in [6.07, 6.45) is 1.02. The van der Waals surface area contributed by atoms with E-state index < -0.39 is 10.8 Å². The predicted molar refractivity (Wildman–Crippen MR) is 81.1 cm³/mol. The van der Waals surface area contributed by atoms with Crippen LogP contribution in [-0.2, 0) is 23.1 Å². The van der Waals surface area contributed by atoms with E-state index in [4.69, 9.17) is 0 Å². The molecule has 4 nitrogen and oxygen atoms in total. The molecule has 2 aromatic rings. The van der Waals surface area contributed by atoms with Crippen LogP contribution in [0.5, 0.6) is 0 Å². The first kappa shape index (κ1) is 14.9. The maximum Gasteiger partial charge on any atom is 0.146 e. The molecule has 1 heterocycles. The minimum absolute atomic E-state index is 0.422. The highest BCUT2D eigenvalue weighted by Crippen LogP contribution is 2.18. The molecule has 0 unspecified atom stereocenters. The van der Waals surface area contributed by atoms with Crippen LogP contribution in [0.2, 0.25) is 0 Å². The Morgan fingerprint density at radius 3 is 2.65 bits per heavy atom. The second kappa shape index (κ2) is 6.31. The average molecular weight is 291 g/mol. The second-order valence-corrected chi connectivity index (χ2v) is 6.49. The second-order valence-electron chi connectivity index (χ2n) is 5.07. The van der Waals surface area contributed by atoms with Gasteiger partial charge in [-0.1, -0.05) is 19.1 Å². The van der Waals surface area contributed by atoms with Crippen LogP contribution in [0.1, 0.15) is 36.1 Å². The zero-order valence-electron chi connectivity index (χ0n) is 12.5. The first-order chi connectivity index (χ1) is 9.52. The Kier molecular flexibility index (Phi) is 4.70. The molecule has 0 fully saturated rings. The van der Waals surface area contributed by atoms with E-state index in [0.29, 0.717) is 5.75 Å². The highest BCUT2D eigenvalue weighted by Gasteiger charge is 2.14. The van der Waals surface area contributed by atoms with E-state index in [-0.39, 0.29) is 0 Å². The normalized spacial score (nSPS) is 12.6. The standard InChI is InChI=1S/C15H21N3OS/c1-5-8-18-13(4)16-17-15(18)10-20(19)14-9-11(2)6-7-12(14)3/h6-7,9H,5,8,10H2,1-4H3/t20-/m0/s1. The molecule has 0 saturated carbocycles. The van der Waals surface area contributed by atoms with Gasteiger partial charge in [-0.05, 0) is 44.4 Å². The van der Waals surface area contributed by atoms with Gasteiger partial charge in [-0.25, -0.2) is 0 Å². The number of nitrogens with zero attached hydrogens (tertiary/aromatic N) is 3. The Bertz CT molecular complexity index is 634. The van der Waals surface area contributed by atoms with Crippen LogP contribution in [0, 0.1) is 20.8 Å². The number of aromatic nitrogens is 3. The van der Waals surface area contributed by atoms with Crippen molar-refractivity contribution in [2.45, 2.75) is 51.3 Å². The number of rotatable bonds is 5. The fourth-order valence-corrected chi connectivity index (χ4v) is 3.54. The van der Waals surface area contributed by atoms with Crippen molar-refractivity contribution in [2.75, 3.05) is 0 Å². The summed E-state index contributed by atoms with van der Waals surface area (Å²) in [5.41, 5.74) is 2.19. The largest absolute Gasteiger partial charge is 0.314 e. The molecule has 1 aromatic heterocycles. The molecule has 5 heteroatoms. The van der Waals surface area contributed by atoms with Crippen molar-refractivity contribution in [1.82, 2.24) is 14.8 Å². The minimum Gasteiger partial charge on any atom is -0.314 e. The van der Waals surface area contributed by atoms with Crippen molar-refractivity contribution >= 4 is 10.8 Å². The molecule has 20 heavy (non-hydrogen) atoms. The van der Waals surface area contributed by atoms with E-state index in [2.05, 4.69) is 21.7 Å². The van der Waals surface area contributed by atoms with Crippen LogP contribution in [0.25, 0.3) is 0 Å². The molecule has 2 rings (SSSR count). The highest BCUT2D eigenvalue weighted by atomic mass is 32.2. The Hall–Kier alpha value is -1.49. The van der Waals surface area contributed by atoms with Crippen molar-refractivity contribution in [2.24, 2.45) is 0 Å². The van der Waals surface area contributed by atoms with Gasteiger partial charge in [-0.3, -0.25) is 4.21 Å². The van der Waals surface area contributed by atoms with Crippen LogP contribution in [0.3, 0.4) is 0 Å². The van der Waals surface area contributed by atoms with Crippen LogP contribution in [0.15, 0.2) is 23.1 Å². The molecule has 108 valence electrons. The molecule has 0 aliphatic carbocycles. The molecule has 0 spiro atoms. The van der Waals surface area contributed by atoms with Gasteiger partial charge in [0, 0.05) is 11.4 Å². The van der Waals surface area contributed by atoms with Gasteiger partial charge in [-0.15, -0.1) is 10.2 Å². The van der Waals surface area contributed by atoms with E-state index in [1.165, 1.54) is 0 Å². The van der Waals surface area contributed by atoms with Crippen molar-refractivity contribution in [1.29, 1.82) is 0 Å². The fraction of sp³-hybridized carbons (Fsp3) is 0.467. The fourth-order valence-electron chi connectivity index (χ4n) is 2.19. The lowest BCUT2D eigenvalue weighted by atomic mass is 10.2. The van der Waals surface area contributed by atoms with E-state index >= 15 is 0 Å². The van der Waals surface area contributed by atoms with E-state index in [9.17, 15) is 4.21 Å². The zero-order valence-corrected chi connectivity index (χ0v) is 13.3. The maximum atomic E-state index is 12.6. The number of hydrogen-bond acceptors (Lipinski definition) is 3. The average Bonchev–Trinajstić information content (AvgIpc) is 2.75. The van der Waals surface area contributed by atoms with Crippen LogP contribution in [0.4, 0.5) is 0 Å². The van der Waals surface area contributed by atoms with Crippen molar-refractivity contribution in [3.05, 3.63) is 41.0 Å². The first-order valence-corrected chi connectivity index (χ1v) is 8.19. The van der Waals surface area contributed by atoms with Gasteiger partial charge in [0.1, 0.15) is 11.6 Å². The third kappa shape index (κ3) is 3.15. The quantitative estimate of drug-likeness (QED) is 0.851. The van der Waals surface area contributed by atoms with Gasteiger partial charge in [0.25, 0.3) is 0 Å². The van der Waals surface area contributed by atoms with E-state index in [1.54, 1.807) is 0 Å². The van der Waals surface area contributed by atoms with Crippen LogP contribution < -0.4 is 0 Å². The minimum atomic E-state index is -1.08. The van der Waals surface area contributed by atoms with Gasteiger partial charge < -0.3 is 4.57 Å². The van der Waals surface area contributed by atoms with Crippen molar-refractivity contribution in [3.8, 4) is 0 Å². The molecule has 0 radical (unpaired) electrons. The number of benzene rings is 1. The molecule has 0 bridgehead atoms. The molecule has 0 saturated heterocycles. The lowest BCUT2D eigenvalue weighted by molar-refractivity contribution is 0.631. The monoisotopic (exact) mass is 291 g/mol. The highest BCUT2D eigenvalue weighted by molar-refractivity contribution is 7.84. The topological polar surface area (TPSA) is 47.8 Å². The lowest BCUT2D eigenvalue weighted by Gasteiger charge is -2.09.